The van der Waals surface area contributed by atoms with E-state index in [0.717, 1.165) is 44.8 Å². The number of nitrogens with one attached hydrogen (secondary N) is 1. The average Bonchev–Trinajstić information content (AvgIpc) is 3.58. The molecular formula is C49H34N4. The Hall–Kier alpha value is -7.04. The summed E-state index contributed by atoms with van der Waals surface area (Å²) in [4.78, 5) is 10.3. The third-order valence-electron chi connectivity index (χ3n) is 10.2. The molecule has 0 saturated heterocycles. The Morgan fingerprint density at radius 2 is 1.09 bits per heavy atom. The highest BCUT2D eigenvalue weighted by molar-refractivity contribution is 6.14. The number of hydrogen-bond acceptors (Lipinski definition) is 3. The zero-order valence-corrected chi connectivity index (χ0v) is 28.9. The zero-order valence-electron chi connectivity index (χ0n) is 28.9. The van der Waals surface area contributed by atoms with Gasteiger partial charge in [0.15, 0.2) is 5.84 Å². The van der Waals surface area contributed by atoms with Crippen molar-refractivity contribution in [3.8, 4) is 27.9 Å². The highest BCUT2D eigenvalue weighted by atomic mass is 15.2. The highest BCUT2D eigenvalue weighted by Gasteiger charge is 2.22. The molecule has 53 heavy (non-hydrogen) atoms. The molecule has 1 aliphatic heterocycles. The molecular weight excluding hydrogens is 645 g/mol. The number of hydrogen-bond donors (Lipinski definition) is 1. The predicted octanol–water partition coefficient (Wildman–Crippen LogP) is 11.8. The molecule has 0 radical (unpaired) electrons. The second-order valence-corrected chi connectivity index (χ2v) is 13.5. The maximum atomic E-state index is 5.16. The molecule has 10 rings (SSSR count). The number of fused-ring (bicyclic) bond motifs is 4. The van der Waals surface area contributed by atoms with Crippen LogP contribution < -0.4 is 5.32 Å². The van der Waals surface area contributed by atoms with E-state index < -0.39 is 0 Å². The fourth-order valence-electron chi connectivity index (χ4n) is 7.69. The predicted molar refractivity (Wildman–Crippen MR) is 221 cm³/mol. The number of rotatable bonds is 6. The van der Waals surface area contributed by atoms with E-state index in [0.29, 0.717) is 5.84 Å². The number of nitrogens with zero attached hydrogens (tertiary/aromatic N) is 3. The summed E-state index contributed by atoms with van der Waals surface area (Å²) in [5.74, 6) is 1.49. The van der Waals surface area contributed by atoms with Crippen LogP contribution in [-0.2, 0) is 0 Å². The maximum Gasteiger partial charge on any atom is 0.159 e. The standard InChI is InChI=1S/C49H34N4/c1-3-14-33(15-4-1)36-20-11-21-38(30-36)48-50-47(35-17-5-2-6-18-35)51-49(52-48)39-22-12-23-40(31-39)53-45-27-10-9-25-43(45)44-29-28-37(32-46(44)53)42-26-13-19-34-16-7-8-24-41(34)42/h1-32,48H,(H,50,51,52). The molecule has 1 unspecified atom stereocenters. The van der Waals surface area contributed by atoms with Gasteiger partial charge in [0, 0.05) is 27.6 Å². The number of aromatic nitrogens is 1. The summed E-state index contributed by atoms with van der Waals surface area (Å²) in [6, 6.07) is 68.8. The maximum absolute atomic E-state index is 5.16. The lowest BCUT2D eigenvalue weighted by molar-refractivity contribution is 0.674. The molecule has 8 aromatic carbocycles. The van der Waals surface area contributed by atoms with Crippen LogP contribution in [0.2, 0.25) is 0 Å². The summed E-state index contributed by atoms with van der Waals surface area (Å²) in [6.07, 6.45) is -0.318. The van der Waals surface area contributed by atoms with Crippen LogP contribution >= 0.6 is 0 Å². The molecule has 0 amide bonds. The van der Waals surface area contributed by atoms with Crippen LogP contribution in [-0.4, -0.2) is 16.2 Å². The fraction of sp³-hybridized carbons (Fsp3) is 0.0204. The van der Waals surface area contributed by atoms with E-state index in [1.807, 2.05) is 24.3 Å². The van der Waals surface area contributed by atoms with Gasteiger partial charge in [0.25, 0.3) is 0 Å². The van der Waals surface area contributed by atoms with E-state index in [-0.39, 0.29) is 6.17 Å². The SMILES string of the molecule is c1ccc(C2=NC(c3cccc(-c4ccccc4)c3)NC(c3cccc(-n4c5ccccc5c5ccc(-c6cccc7ccccc67)cc54)c3)=N2)cc1. The van der Waals surface area contributed by atoms with Gasteiger partial charge >= 0.3 is 0 Å². The van der Waals surface area contributed by atoms with Crippen LogP contribution in [0.5, 0.6) is 0 Å². The minimum atomic E-state index is -0.318. The number of benzene rings is 8. The van der Waals surface area contributed by atoms with Gasteiger partial charge < -0.3 is 9.88 Å². The van der Waals surface area contributed by atoms with Gasteiger partial charge in [-0.3, -0.25) is 0 Å². The molecule has 4 nitrogen and oxygen atoms in total. The Morgan fingerprint density at radius 1 is 0.434 bits per heavy atom. The Balaban J connectivity index is 1.10. The van der Waals surface area contributed by atoms with Crippen molar-refractivity contribution in [2.24, 2.45) is 9.98 Å². The Morgan fingerprint density at radius 3 is 1.96 bits per heavy atom. The van der Waals surface area contributed by atoms with Gasteiger partial charge in [-0.2, -0.15) is 0 Å². The summed E-state index contributed by atoms with van der Waals surface area (Å²) < 4.78 is 2.39. The van der Waals surface area contributed by atoms with Crippen LogP contribution in [0.25, 0.3) is 60.5 Å². The van der Waals surface area contributed by atoms with Crippen LogP contribution in [0.4, 0.5) is 0 Å². The van der Waals surface area contributed by atoms with Gasteiger partial charge in [0.05, 0.1) is 11.0 Å². The Labute approximate surface area is 308 Å². The summed E-state index contributed by atoms with van der Waals surface area (Å²) in [7, 11) is 0. The first kappa shape index (κ1) is 30.8. The lowest BCUT2D eigenvalue weighted by Crippen LogP contribution is -2.33. The molecule has 1 aromatic heterocycles. The van der Waals surface area contributed by atoms with Crippen LogP contribution in [0.3, 0.4) is 0 Å². The van der Waals surface area contributed by atoms with Gasteiger partial charge in [-0.25, -0.2) is 9.98 Å². The van der Waals surface area contributed by atoms with Crippen molar-refractivity contribution in [2.45, 2.75) is 6.17 Å². The van der Waals surface area contributed by atoms with E-state index >= 15 is 0 Å². The summed E-state index contributed by atoms with van der Waals surface area (Å²) in [5.41, 5.74) is 11.2. The molecule has 0 bridgehead atoms. The minimum Gasteiger partial charge on any atom is -0.344 e. The monoisotopic (exact) mass is 678 g/mol. The topological polar surface area (TPSA) is 41.7 Å². The average molecular weight is 679 g/mol. The zero-order chi connectivity index (χ0) is 35.1. The second-order valence-electron chi connectivity index (χ2n) is 13.5. The Bertz CT molecular complexity index is 2860. The van der Waals surface area contributed by atoms with Gasteiger partial charge in [0.2, 0.25) is 0 Å². The summed E-state index contributed by atoms with van der Waals surface area (Å²) >= 11 is 0. The van der Waals surface area contributed by atoms with Crippen molar-refractivity contribution >= 4 is 44.2 Å². The molecule has 0 saturated carbocycles. The number of amidine groups is 2. The van der Waals surface area contributed by atoms with Gasteiger partial charge in [-0.15, -0.1) is 0 Å². The first-order chi connectivity index (χ1) is 26.3. The second kappa shape index (κ2) is 12.9. The van der Waals surface area contributed by atoms with Crippen molar-refractivity contribution in [3.63, 3.8) is 0 Å². The molecule has 0 spiro atoms. The van der Waals surface area contributed by atoms with Crippen molar-refractivity contribution in [3.05, 3.63) is 211 Å². The van der Waals surface area contributed by atoms with E-state index in [9.17, 15) is 0 Å². The third-order valence-corrected chi connectivity index (χ3v) is 10.2. The van der Waals surface area contributed by atoms with E-state index in [1.165, 1.54) is 38.2 Å². The molecule has 9 aromatic rings. The minimum absolute atomic E-state index is 0.318. The van der Waals surface area contributed by atoms with E-state index in [2.05, 4.69) is 180 Å². The summed E-state index contributed by atoms with van der Waals surface area (Å²) in [6.45, 7) is 0. The number of aliphatic imine (C=N–C) groups is 2. The van der Waals surface area contributed by atoms with Crippen LogP contribution in [0.15, 0.2) is 204 Å². The highest BCUT2D eigenvalue weighted by Crippen LogP contribution is 2.37. The molecule has 2 heterocycles. The van der Waals surface area contributed by atoms with E-state index in [1.54, 1.807) is 0 Å². The molecule has 4 heteroatoms. The van der Waals surface area contributed by atoms with Crippen LogP contribution in [0.1, 0.15) is 22.9 Å². The molecule has 250 valence electrons. The van der Waals surface area contributed by atoms with Gasteiger partial charge in [-0.05, 0) is 68.9 Å². The molecule has 1 N–H and O–H groups in total. The number of para-hydroxylation sites is 1. The fourth-order valence-corrected chi connectivity index (χ4v) is 7.69. The molecule has 0 fully saturated rings. The quantitative estimate of drug-likeness (QED) is 0.187. The third kappa shape index (κ3) is 5.58. The van der Waals surface area contributed by atoms with Gasteiger partial charge in [0.1, 0.15) is 12.0 Å². The van der Waals surface area contributed by atoms with Gasteiger partial charge in [-0.1, -0.05) is 164 Å². The van der Waals surface area contributed by atoms with Crippen molar-refractivity contribution in [1.82, 2.24) is 9.88 Å². The Kier molecular flexibility index (Phi) is 7.51. The largest absolute Gasteiger partial charge is 0.344 e. The van der Waals surface area contributed by atoms with Crippen molar-refractivity contribution in [2.75, 3.05) is 0 Å². The molecule has 1 atom stereocenters. The van der Waals surface area contributed by atoms with Crippen molar-refractivity contribution in [1.29, 1.82) is 0 Å². The lowest BCUT2D eigenvalue weighted by atomic mass is 9.97. The molecule has 1 aliphatic rings. The summed E-state index contributed by atoms with van der Waals surface area (Å²) in [5, 5.41) is 8.65. The van der Waals surface area contributed by atoms with E-state index in [4.69, 9.17) is 9.98 Å². The molecule has 0 aliphatic carbocycles. The van der Waals surface area contributed by atoms with Crippen LogP contribution in [0, 0.1) is 0 Å². The first-order valence-electron chi connectivity index (χ1n) is 18.0. The van der Waals surface area contributed by atoms with Crippen molar-refractivity contribution < 1.29 is 0 Å². The smallest absolute Gasteiger partial charge is 0.159 e. The normalized spacial score (nSPS) is 14.2. The first-order valence-corrected chi connectivity index (χ1v) is 18.0. The lowest BCUT2D eigenvalue weighted by Gasteiger charge is -2.24.